The van der Waals surface area contributed by atoms with E-state index >= 15 is 0 Å². The van der Waals surface area contributed by atoms with E-state index in [0.29, 0.717) is 6.07 Å². The van der Waals surface area contributed by atoms with Crippen molar-refractivity contribution in [2.24, 2.45) is 0 Å². The average molecular weight is 416 g/mol. The van der Waals surface area contributed by atoms with E-state index in [1.807, 2.05) is 0 Å². The van der Waals surface area contributed by atoms with Crippen LogP contribution in [0.2, 0.25) is 0 Å². The summed E-state index contributed by atoms with van der Waals surface area (Å²) in [6.07, 6.45) is 0. The highest BCUT2D eigenvalue weighted by Gasteiger charge is 2.41. The maximum atomic E-state index is 13.8. The zero-order valence-corrected chi connectivity index (χ0v) is 16.1. The second-order valence-electron chi connectivity index (χ2n) is 6.76. The quantitative estimate of drug-likeness (QED) is 0.577. The van der Waals surface area contributed by atoms with Crippen LogP contribution < -0.4 is 5.32 Å². The molecule has 156 valence electrons. The number of rotatable bonds is 6. The van der Waals surface area contributed by atoms with Crippen molar-refractivity contribution in [2.45, 2.75) is 25.9 Å². The molecule has 2 aromatic carbocycles. The summed E-state index contributed by atoms with van der Waals surface area (Å²) in [5, 5.41) is 2.43. The maximum Gasteiger partial charge on any atom is 0.329 e. The second-order valence-corrected chi connectivity index (χ2v) is 6.76. The molecule has 0 radical (unpaired) electrons. The minimum absolute atomic E-state index is 0.0652. The number of amides is 3. The predicted octanol–water partition coefficient (Wildman–Crippen LogP) is 2.37. The van der Waals surface area contributed by atoms with E-state index < -0.39 is 54.0 Å². The average Bonchev–Trinajstić information content (AvgIpc) is 2.96. The number of carbonyl (C=O) groups is 4. The molecule has 7 nitrogen and oxygen atoms in total. The summed E-state index contributed by atoms with van der Waals surface area (Å²) >= 11 is 0. The number of imide groups is 1. The van der Waals surface area contributed by atoms with Crippen molar-refractivity contribution in [1.29, 1.82) is 0 Å². The number of nitrogens with one attached hydrogen (secondary N) is 1. The van der Waals surface area contributed by atoms with Crippen molar-refractivity contribution >= 4 is 23.7 Å². The van der Waals surface area contributed by atoms with E-state index in [1.54, 1.807) is 12.1 Å². The van der Waals surface area contributed by atoms with Crippen LogP contribution in [0.25, 0.3) is 0 Å². The largest absolute Gasteiger partial charge is 0.454 e. The Balaban J connectivity index is 1.57. The molecule has 1 aliphatic rings. The molecule has 0 fully saturated rings. The molecule has 0 saturated heterocycles. The SMILES string of the molecule is C[C@H](NC(=O)COC(=O)[C@H](C)N1C(=O)c2ccccc2C1=O)c1ccc(F)cc1F. The van der Waals surface area contributed by atoms with Crippen molar-refractivity contribution in [1.82, 2.24) is 10.2 Å². The van der Waals surface area contributed by atoms with Crippen LogP contribution in [0.15, 0.2) is 42.5 Å². The number of esters is 1. The van der Waals surface area contributed by atoms with E-state index in [1.165, 1.54) is 32.0 Å². The molecule has 2 atom stereocenters. The highest BCUT2D eigenvalue weighted by molar-refractivity contribution is 6.22. The molecule has 0 unspecified atom stereocenters. The number of carbonyl (C=O) groups excluding carboxylic acids is 4. The molecule has 30 heavy (non-hydrogen) atoms. The molecule has 1 heterocycles. The lowest BCUT2D eigenvalue weighted by atomic mass is 10.1. The van der Waals surface area contributed by atoms with Gasteiger partial charge in [-0.3, -0.25) is 19.3 Å². The van der Waals surface area contributed by atoms with Crippen LogP contribution in [0.1, 0.15) is 46.2 Å². The van der Waals surface area contributed by atoms with Gasteiger partial charge in [-0.2, -0.15) is 0 Å². The van der Waals surface area contributed by atoms with Crippen LogP contribution in [0.5, 0.6) is 0 Å². The number of hydrogen-bond donors (Lipinski definition) is 1. The number of ether oxygens (including phenoxy) is 1. The van der Waals surface area contributed by atoms with Crippen molar-refractivity contribution in [2.75, 3.05) is 6.61 Å². The molecule has 0 aliphatic carbocycles. The van der Waals surface area contributed by atoms with Crippen LogP contribution in [-0.4, -0.2) is 41.2 Å². The Morgan fingerprint density at radius 1 is 1.03 bits per heavy atom. The summed E-state index contributed by atoms with van der Waals surface area (Å²) in [6, 6.07) is 7.09. The summed E-state index contributed by atoms with van der Waals surface area (Å²) in [4.78, 5) is 49.9. The fraction of sp³-hybridized carbons (Fsp3) is 0.238. The third-order valence-electron chi connectivity index (χ3n) is 4.71. The summed E-state index contributed by atoms with van der Waals surface area (Å²) in [7, 11) is 0. The van der Waals surface area contributed by atoms with Crippen molar-refractivity contribution < 1.29 is 32.7 Å². The first-order valence-electron chi connectivity index (χ1n) is 9.08. The van der Waals surface area contributed by atoms with Crippen LogP contribution in [0.3, 0.4) is 0 Å². The lowest BCUT2D eigenvalue weighted by molar-refractivity contribution is -0.152. The minimum Gasteiger partial charge on any atom is -0.454 e. The Hall–Kier alpha value is -3.62. The number of halogens is 2. The van der Waals surface area contributed by atoms with Gasteiger partial charge in [-0.15, -0.1) is 0 Å². The molecule has 3 amide bonds. The van der Waals surface area contributed by atoms with Crippen LogP contribution in [0, 0.1) is 11.6 Å². The third-order valence-corrected chi connectivity index (χ3v) is 4.71. The summed E-state index contributed by atoms with van der Waals surface area (Å²) < 4.78 is 31.7. The van der Waals surface area contributed by atoms with E-state index in [9.17, 15) is 28.0 Å². The predicted molar refractivity (Wildman–Crippen MR) is 100 cm³/mol. The molecule has 0 spiro atoms. The van der Waals surface area contributed by atoms with Gasteiger partial charge in [-0.1, -0.05) is 18.2 Å². The standard InChI is InChI=1S/C21H18F2N2O5/c1-11(14-8-7-13(22)9-17(14)23)24-18(26)10-30-21(29)12(2)25-19(27)15-5-3-4-6-16(15)20(25)28/h3-9,11-12H,10H2,1-2H3,(H,24,26)/t11-,12-/m0/s1. The zero-order valence-electron chi connectivity index (χ0n) is 16.1. The monoisotopic (exact) mass is 416 g/mol. The van der Waals surface area contributed by atoms with Gasteiger partial charge in [0.15, 0.2) is 6.61 Å². The summed E-state index contributed by atoms with van der Waals surface area (Å²) in [5.41, 5.74) is 0.445. The van der Waals surface area contributed by atoms with Gasteiger partial charge in [-0.25, -0.2) is 13.6 Å². The molecule has 0 saturated carbocycles. The number of nitrogens with zero attached hydrogens (tertiary/aromatic N) is 1. The van der Waals surface area contributed by atoms with Crippen LogP contribution in [0.4, 0.5) is 8.78 Å². The van der Waals surface area contributed by atoms with Gasteiger partial charge in [0.05, 0.1) is 17.2 Å². The van der Waals surface area contributed by atoms with Crippen LogP contribution in [-0.2, 0) is 14.3 Å². The third kappa shape index (κ3) is 4.05. The number of benzene rings is 2. The van der Waals surface area contributed by atoms with E-state index in [-0.39, 0.29) is 16.7 Å². The number of fused-ring (bicyclic) bond motifs is 1. The molecular weight excluding hydrogens is 398 g/mol. The fourth-order valence-electron chi connectivity index (χ4n) is 3.14. The Labute approximate surface area is 170 Å². The topological polar surface area (TPSA) is 92.8 Å². The number of hydrogen-bond acceptors (Lipinski definition) is 5. The normalized spacial score (nSPS) is 14.9. The highest BCUT2D eigenvalue weighted by atomic mass is 19.1. The Morgan fingerprint density at radius 2 is 1.63 bits per heavy atom. The zero-order chi connectivity index (χ0) is 22.0. The van der Waals surface area contributed by atoms with Gasteiger partial charge in [0.2, 0.25) is 0 Å². The van der Waals surface area contributed by atoms with Gasteiger partial charge in [0.25, 0.3) is 17.7 Å². The molecule has 0 bridgehead atoms. The second kappa shape index (κ2) is 8.40. The molecule has 3 rings (SSSR count). The van der Waals surface area contributed by atoms with E-state index in [2.05, 4.69) is 5.32 Å². The van der Waals surface area contributed by atoms with Crippen molar-refractivity contribution in [3.63, 3.8) is 0 Å². The molecule has 0 aromatic heterocycles. The van der Waals surface area contributed by atoms with Gasteiger partial charge < -0.3 is 10.1 Å². The van der Waals surface area contributed by atoms with E-state index in [4.69, 9.17) is 4.74 Å². The van der Waals surface area contributed by atoms with Crippen LogP contribution >= 0.6 is 0 Å². The van der Waals surface area contributed by atoms with Crippen molar-refractivity contribution in [3.8, 4) is 0 Å². The molecular formula is C21H18F2N2O5. The Kier molecular flexibility index (Phi) is 5.91. The van der Waals surface area contributed by atoms with Crippen molar-refractivity contribution in [3.05, 3.63) is 70.8 Å². The Bertz CT molecular complexity index is 1000. The Morgan fingerprint density at radius 3 is 2.20 bits per heavy atom. The molecule has 9 heteroatoms. The fourth-order valence-corrected chi connectivity index (χ4v) is 3.14. The minimum atomic E-state index is -1.24. The summed E-state index contributed by atoms with van der Waals surface area (Å²) in [5.74, 6) is -4.48. The van der Waals surface area contributed by atoms with Gasteiger partial charge in [0, 0.05) is 11.6 Å². The first-order chi connectivity index (χ1) is 14.2. The highest BCUT2D eigenvalue weighted by Crippen LogP contribution is 2.24. The van der Waals surface area contributed by atoms with Gasteiger partial charge in [-0.05, 0) is 32.0 Å². The summed E-state index contributed by atoms with van der Waals surface area (Å²) in [6.45, 7) is 2.11. The first-order valence-corrected chi connectivity index (χ1v) is 9.08. The van der Waals surface area contributed by atoms with Gasteiger partial charge >= 0.3 is 5.97 Å². The molecule has 1 aliphatic heterocycles. The van der Waals surface area contributed by atoms with E-state index in [0.717, 1.165) is 11.0 Å². The maximum absolute atomic E-state index is 13.8. The lowest BCUT2D eigenvalue weighted by Gasteiger charge is -2.21. The first kappa shape index (κ1) is 21.1. The molecule has 2 aromatic rings. The van der Waals surface area contributed by atoms with Gasteiger partial charge in [0.1, 0.15) is 17.7 Å². The lowest BCUT2D eigenvalue weighted by Crippen LogP contribution is -2.44. The smallest absolute Gasteiger partial charge is 0.329 e. The molecule has 1 N–H and O–H groups in total.